The highest BCUT2D eigenvalue weighted by Gasteiger charge is 2.38. The second-order valence-electron chi connectivity index (χ2n) is 6.55. The zero-order valence-corrected chi connectivity index (χ0v) is 13.4. The average Bonchev–Trinajstić information content (AvgIpc) is 3.12. The summed E-state index contributed by atoms with van der Waals surface area (Å²) in [5.74, 6) is 2.64. The lowest BCUT2D eigenvalue weighted by Crippen LogP contribution is -2.32. The molecule has 114 valence electrons. The first-order valence-electron chi connectivity index (χ1n) is 7.98. The molecule has 1 aromatic rings. The van der Waals surface area contributed by atoms with E-state index in [0.717, 1.165) is 28.8 Å². The molecule has 2 aliphatic carbocycles. The van der Waals surface area contributed by atoms with Gasteiger partial charge in [-0.05, 0) is 60.9 Å². The van der Waals surface area contributed by atoms with E-state index in [1.165, 1.54) is 43.4 Å². The second-order valence-corrected chi connectivity index (χ2v) is 7.46. The van der Waals surface area contributed by atoms with Gasteiger partial charge in [0.05, 0.1) is 11.3 Å². The summed E-state index contributed by atoms with van der Waals surface area (Å²) in [5.41, 5.74) is 0.952. The number of fused-ring (bicyclic) bond motifs is 1. The molecule has 3 rings (SSSR count). The van der Waals surface area contributed by atoms with Gasteiger partial charge in [0, 0.05) is 6.54 Å². The number of hydrogen-bond acceptors (Lipinski definition) is 3. The van der Waals surface area contributed by atoms with E-state index < -0.39 is 0 Å². The zero-order chi connectivity index (χ0) is 14.8. The van der Waals surface area contributed by atoms with E-state index in [-0.39, 0.29) is 11.7 Å². The molecule has 2 fully saturated rings. The Hall–Kier alpha value is -1.16. The van der Waals surface area contributed by atoms with Crippen LogP contribution in [0.3, 0.4) is 0 Å². The molecule has 1 aromatic heterocycles. The summed E-state index contributed by atoms with van der Waals surface area (Å²) in [6, 6.07) is 1.84. The summed E-state index contributed by atoms with van der Waals surface area (Å²) in [6.45, 7) is 2.40. The summed E-state index contributed by atoms with van der Waals surface area (Å²) in [6.07, 6.45) is 7.17. The monoisotopic (exact) mass is 305 g/mol. The van der Waals surface area contributed by atoms with Crippen LogP contribution in [0, 0.1) is 17.8 Å². The van der Waals surface area contributed by atoms with Crippen LogP contribution in [0.15, 0.2) is 11.4 Å². The predicted molar refractivity (Wildman–Crippen MR) is 84.6 cm³/mol. The lowest BCUT2D eigenvalue weighted by molar-refractivity contribution is -0.120. The maximum Gasteiger partial charge on any atom is 0.224 e. The highest BCUT2D eigenvalue weighted by atomic mass is 32.1. The number of carbonyl (C=O) groups excluding carboxylic acids is 2. The molecule has 3 nitrogen and oxygen atoms in total. The van der Waals surface area contributed by atoms with Crippen LogP contribution in [0.5, 0.6) is 0 Å². The van der Waals surface area contributed by atoms with Gasteiger partial charge in [-0.15, -0.1) is 11.3 Å². The quantitative estimate of drug-likeness (QED) is 0.847. The Morgan fingerprint density at radius 3 is 2.90 bits per heavy atom. The minimum atomic E-state index is 0.0740. The van der Waals surface area contributed by atoms with Crippen LogP contribution in [0.1, 0.15) is 54.3 Å². The summed E-state index contributed by atoms with van der Waals surface area (Å²) in [5, 5.41) is 5.02. The summed E-state index contributed by atoms with van der Waals surface area (Å²) < 4.78 is 0. The molecule has 2 saturated carbocycles. The number of amides is 1. The molecule has 0 saturated heterocycles. The van der Waals surface area contributed by atoms with Crippen molar-refractivity contribution < 1.29 is 9.59 Å². The molecule has 0 spiro atoms. The van der Waals surface area contributed by atoms with Gasteiger partial charge in [-0.2, -0.15) is 0 Å². The van der Waals surface area contributed by atoms with Gasteiger partial charge in [-0.1, -0.05) is 12.8 Å². The van der Waals surface area contributed by atoms with Gasteiger partial charge in [0.25, 0.3) is 0 Å². The van der Waals surface area contributed by atoms with Crippen molar-refractivity contribution in [3.8, 4) is 0 Å². The first-order chi connectivity index (χ1) is 10.1. The van der Waals surface area contributed by atoms with E-state index in [2.05, 4.69) is 5.32 Å². The third-order valence-electron chi connectivity index (χ3n) is 5.16. The lowest BCUT2D eigenvalue weighted by atomic mass is 9.92. The van der Waals surface area contributed by atoms with Crippen molar-refractivity contribution in [2.45, 2.75) is 45.4 Å². The van der Waals surface area contributed by atoms with Gasteiger partial charge in [-0.25, -0.2) is 0 Å². The standard InChI is InChI=1S/C17H23NO2S/c1-11(19)16-7-12(10-21-16)8-17(20)18-9-14-6-5-13-3-2-4-15(13)14/h7,10,13-15H,2-6,8-9H2,1H3,(H,18,20)/t13-,14+,15-/m0/s1. The van der Waals surface area contributed by atoms with Crippen LogP contribution in [0.2, 0.25) is 0 Å². The fourth-order valence-electron chi connectivity index (χ4n) is 4.09. The molecule has 4 heteroatoms. The van der Waals surface area contributed by atoms with Crippen molar-refractivity contribution in [3.05, 3.63) is 21.9 Å². The Kier molecular flexibility index (Phi) is 4.43. The van der Waals surface area contributed by atoms with Gasteiger partial charge in [0.1, 0.15) is 0 Å². The highest BCUT2D eigenvalue weighted by molar-refractivity contribution is 7.12. The number of ketones is 1. The molecule has 1 N–H and O–H groups in total. The number of Topliss-reactive ketones (excluding diaryl/α,β-unsaturated/α-hetero) is 1. The fraction of sp³-hybridized carbons (Fsp3) is 0.647. The average molecular weight is 305 g/mol. The van der Waals surface area contributed by atoms with Crippen molar-refractivity contribution in [3.63, 3.8) is 0 Å². The topological polar surface area (TPSA) is 46.2 Å². The Bertz CT molecular complexity index is 537. The maximum atomic E-state index is 12.0. The Morgan fingerprint density at radius 1 is 1.29 bits per heavy atom. The largest absolute Gasteiger partial charge is 0.356 e. The molecular weight excluding hydrogens is 282 g/mol. The number of carbonyl (C=O) groups is 2. The third-order valence-corrected chi connectivity index (χ3v) is 6.24. The molecule has 0 aliphatic heterocycles. The first kappa shape index (κ1) is 14.8. The second kappa shape index (κ2) is 6.30. The third kappa shape index (κ3) is 3.37. The van der Waals surface area contributed by atoms with Crippen molar-refractivity contribution in [2.24, 2.45) is 17.8 Å². The Morgan fingerprint density at radius 2 is 2.14 bits per heavy atom. The first-order valence-corrected chi connectivity index (χ1v) is 8.86. The van der Waals surface area contributed by atoms with Crippen molar-refractivity contribution in [1.29, 1.82) is 0 Å². The lowest BCUT2D eigenvalue weighted by Gasteiger charge is -2.18. The number of nitrogens with one attached hydrogen (secondary N) is 1. The molecule has 3 atom stereocenters. The van der Waals surface area contributed by atoms with E-state index >= 15 is 0 Å². The van der Waals surface area contributed by atoms with Crippen molar-refractivity contribution in [2.75, 3.05) is 6.54 Å². The number of rotatable bonds is 5. The van der Waals surface area contributed by atoms with Gasteiger partial charge in [0.2, 0.25) is 5.91 Å². The molecule has 1 heterocycles. The molecule has 0 radical (unpaired) electrons. The predicted octanol–water partition coefficient (Wildman–Crippen LogP) is 3.44. The molecule has 21 heavy (non-hydrogen) atoms. The zero-order valence-electron chi connectivity index (χ0n) is 12.6. The van der Waals surface area contributed by atoms with Crippen LogP contribution < -0.4 is 5.32 Å². The minimum absolute atomic E-state index is 0.0740. The van der Waals surface area contributed by atoms with Gasteiger partial charge >= 0.3 is 0 Å². The summed E-state index contributed by atoms with van der Waals surface area (Å²) in [7, 11) is 0. The summed E-state index contributed by atoms with van der Waals surface area (Å²) >= 11 is 1.43. The van der Waals surface area contributed by atoms with Gasteiger partial charge < -0.3 is 5.32 Å². The smallest absolute Gasteiger partial charge is 0.224 e. The van der Waals surface area contributed by atoms with E-state index in [4.69, 9.17) is 0 Å². The minimum Gasteiger partial charge on any atom is -0.356 e. The van der Waals surface area contributed by atoms with Gasteiger partial charge in [-0.3, -0.25) is 9.59 Å². The van der Waals surface area contributed by atoms with Crippen LogP contribution in [0.25, 0.3) is 0 Å². The van der Waals surface area contributed by atoms with Crippen LogP contribution in [-0.4, -0.2) is 18.2 Å². The number of thiophene rings is 1. The van der Waals surface area contributed by atoms with Crippen LogP contribution in [-0.2, 0) is 11.2 Å². The van der Waals surface area contributed by atoms with Crippen molar-refractivity contribution >= 4 is 23.0 Å². The van der Waals surface area contributed by atoms with Crippen LogP contribution >= 0.6 is 11.3 Å². The van der Waals surface area contributed by atoms with E-state index in [0.29, 0.717) is 12.3 Å². The van der Waals surface area contributed by atoms with Crippen molar-refractivity contribution in [1.82, 2.24) is 5.32 Å². The SMILES string of the molecule is CC(=O)c1cc(CC(=O)NC[C@H]2CC[C@@H]3CCC[C@@H]32)cs1. The van der Waals surface area contributed by atoms with E-state index in [1.54, 1.807) is 6.92 Å². The maximum absolute atomic E-state index is 12.0. The highest BCUT2D eigenvalue weighted by Crippen LogP contribution is 2.47. The Balaban J connectivity index is 1.47. The summed E-state index contributed by atoms with van der Waals surface area (Å²) in [4.78, 5) is 24.0. The van der Waals surface area contributed by atoms with Crippen LogP contribution in [0.4, 0.5) is 0 Å². The van der Waals surface area contributed by atoms with E-state index in [9.17, 15) is 9.59 Å². The Labute approximate surface area is 130 Å². The van der Waals surface area contributed by atoms with E-state index in [1.807, 2.05) is 11.4 Å². The molecule has 1 amide bonds. The fourth-order valence-corrected chi connectivity index (χ4v) is 4.90. The number of hydrogen-bond donors (Lipinski definition) is 1. The molecule has 2 aliphatic rings. The molecule has 0 bridgehead atoms. The molecule has 0 unspecified atom stereocenters. The van der Waals surface area contributed by atoms with Gasteiger partial charge in [0.15, 0.2) is 5.78 Å². The molecular formula is C17H23NO2S. The normalized spacial score (nSPS) is 27.6. The molecule has 0 aromatic carbocycles.